The molecule has 25 heavy (non-hydrogen) atoms. The second-order valence-electron chi connectivity index (χ2n) is 5.73. The summed E-state index contributed by atoms with van der Waals surface area (Å²) in [6, 6.07) is 11.9. The van der Waals surface area contributed by atoms with E-state index in [4.69, 9.17) is 4.74 Å². The molecule has 1 amide bonds. The van der Waals surface area contributed by atoms with Crippen LogP contribution in [-0.2, 0) is 11.3 Å². The molecule has 0 radical (unpaired) electrons. The number of anilines is 1. The maximum Gasteiger partial charge on any atom is 0.410 e. The SMILES string of the molecule is O=C(OCc1ccccc1)N1CCN(c2c(F)cc(Br)cc2F)CC1. The van der Waals surface area contributed by atoms with Gasteiger partial charge in [-0.3, -0.25) is 0 Å². The Hall–Kier alpha value is -2.15. The third-order valence-corrected chi connectivity index (χ3v) is 4.50. The Labute approximate surface area is 153 Å². The molecule has 0 N–H and O–H groups in total. The molecule has 0 bridgehead atoms. The fourth-order valence-corrected chi connectivity index (χ4v) is 3.16. The molecule has 1 aliphatic rings. The Bertz CT molecular complexity index is 727. The molecular formula is C18H17BrF2N2O2. The lowest BCUT2D eigenvalue weighted by atomic mass is 10.2. The Morgan fingerprint density at radius 2 is 1.64 bits per heavy atom. The van der Waals surface area contributed by atoms with Gasteiger partial charge in [0.2, 0.25) is 0 Å². The van der Waals surface area contributed by atoms with Crippen LogP contribution in [-0.4, -0.2) is 37.2 Å². The van der Waals surface area contributed by atoms with Gasteiger partial charge in [0.1, 0.15) is 12.3 Å². The molecule has 1 fully saturated rings. The van der Waals surface area contributed by atoms with Crippen LogP contribution >= 0.6 is 15.9 Å². The Morgan fingerprint density at radius 1 is 1.04 bits per heavy atom. The van der Waals surface area contributed by atoms with Gasteiger partial charge in [-0.15, -0.1) is 0 Å². The zero-order valence-electron chi connectivity index (χ0n) is 13.4. The number of benzene rings is 2. The molecule has 1 aliphatic heterocycles. The van der Waals surface area contributed by atoms with Crippen LogP contribution in [0.15, 0.2) is 46.9 Å². The Kier molecular flexibility index (Phi) is 5.53. The average Bonchev–Trinajstić information content (AvgIpc) is 2.60. The number of ether oxygens (including phenoxy) is 1. The summed E-state index contributed by atoms with van der Waals surface area (Å²) in [7, 11) is 0. The first-order chi connectivity index (χ1) is 12.0. The summed E-state index contributed by atoms with van der Waals surface area (Å²) >= 11 is 3.07. The van der Waals surface area contributed by atoms with Gasteiger partial charge in [-0.1, -0.05) is 46.3 Å². The minimum Gasteiger partial charge on any atom is -0.445 e. The van der Waals surface area contributed by atoms with Crippen molar-refractivity contribution in [3.05, 3.63) is 64.1 Å². The topological polar surface area (TPSA) is 32.8 Å². The highest BCUT2D eigenvalue weighted by Crippen LogP contribution is 2.28. The Morgan fingerprint density at radius 3 is 2.24 bits per heavy atom. The minimum atomic E-state index is -0.619. The minimum absolute atomic E-state index is 0.0551. The van der Waals surface area contributed by atoms with E-state index in [0.717, 1.165) is 5.56 Å². The first-order valence-corrected chi connectivity index (χ1v) is 8.69. The third kappa shape index (κ3) is 4.28. The van der Waals surface area contributed by atoms with Crippen LogP contribution in [0.3, 0.4) is 0 Å². The van der Waals surface area contributed by atoms with Crippen LogP contribution in [0.4, 0.5) is 19.3 Å². The molecule has 3 rings (SSSR count). The first-order valence-electron chi connectivity index (χ1n) is 7.89. The molecule has 0 spiro atoms. The van der Waals surface area contributed by atoms with Gasteiger partial charge in [0, 0.05) is 30.7 Å². The summed E-state index contributed by atoms with van der Waals surface area (Å²) in [6.07, 6.45) is -0.416. The van der Waals surface area contributed by atoms with Gasteiger partial charge in [0.15, 0.2) is 11.6 Å². The molecule has 7 heteroatoms. The van der Waals surface area contributed by atoms with E-state index in [0.29, 0.717) is 30.7 Å². The van der Waals surface area contributed by atoms with Crippen molar-refractivity contribution >= 4 is 27.7 Å². The van der Waals surface area contributed by atoms with Crippen molar-refractivity contribution in [3.63, 3.8) is 0 Å². The van der Waals surface area contributed by atoms with E-state index in [-0.39, 0.29) is 12.3 Å². The van der Waals surface area contributed by atoms with Crippen LogP contribution in [0.2, 0.25) is 0 Å². The molecule has 4 nitrogen and oxygen atoms in total. The smallest absolute Gasteiger partial charge is 0.410 e. The van der Waals surface area contributed by atoms with E-state index in [9.17, 15) is 13.6 Å². The predicted molar refractivity (Wildman–Crippen MR) is 94.5 cm³/mol. The number of carbonyl (C=O) groups is 1. The monoisotopic (exact) mass is 410 g/mol. The molecule has 2 aromatic carbocycles. The zero-order valence-corrected chi connectivity index (χ0v) is 15.0. The van der Waals surface area contributed by atoms with Crippen molar-refractivity contribution in [1.29, 1.82) is 0 Å². The van der Waals surface area contributed by atoms with Crippen molar-refractivity contribution in [2.75, 3.05) is 31.1 Å². The van der Waals surface area contributed by atoms with Crippen LogP contribution in [0.25, 0.3) is 0 Å². The molecular weight excluding hydrogens is 394 g/mol. The van der Waals surface area contributed by atoms with Crippen LogP contribution in [0.5, 0.6) is 0 Å². The zero-order chi connectivity index (χ0) is 17.8. The van der Waals surface area contributed by atoms with Crippen LogP contribution in [0.1, 0.15) is 5.56 Å². The molecule has 0 aromatic heterocycles. The molecule has 0 saturated carbocycles. The molecule has 0 unspecified atom stereocenters. The second-order valence-corrected chi connectivity index (χ2v) is 6.65. The molecule has 1 heterocycles. The van der Waals surface area contributed by atoms with Gasteiger partial charge in [0.05, 0.1) is 0 Å². The fraction of sp³-hybridized carbons (Fsp3) is 0.278. The summed E-state index contributed by atoms with van der Waals surface area (Å²) in [4.78, 5) is 15.3. The van der Waals surface area contributed by atoms with Crippen molar-refractivity contribution in [2.45, 2.75) is 6.61 Å². The van der Waals surface area contributed by atoms with Gasteiger partial charge in [-0.25, -0.2) is 13.6 Å². The third-order valence-electron chi connectivity index (χ3n) is 4.04. The number of piperazine rings is 1. The number of carbonyl (C=O) groups excluding carboxylic acids is 1. The van der Waals surface area contributed by atoms with Crippen molar-refractivity contribution in [1.82, 2.24) is 4.90 Å². The second kappa shape index (κ2) is 7.82. The summed E-state index contributed by atoms with van der Waals surface area (Å²) in [6.45, 7) is 1.59. The predicted octanol–water partition coefficient (Wildman–Crippen LogP) is 4.19. The van der Waals surface area contributed by atoms with Crippen molar-refractivity contribution < 1.29 is 18.3 Å². The molecule has 0 aliphatic carbocycles. The standard InChI is InChI=1S/C18H17BrF2N2O2/c19-14-10-15(20)17(16(21)11-14)22-6-8-23(9-7-22)18(24)25-12-13-4-2-1-3-5-13/h1-5,10-11H,6-9,12H2. The number of nitrogens with zero attached hydrogens (tertiary/aromatic N) is 2. The van der Waals surface area contributed by atoms with Gasteiger partial charge in [-0.05, 0) is 17.7 Å². The quantitative estimate of drug-likeness (QED) is 0.760. The van der Waals surface area contributed by atoms with E-state index in [1.807, 2.05) is 30.3 Å². The lowest BCUT2D eigenvalue weighted by molar-refractivity contribution is 0.0941. The lowest BCUT2D eigenvalue weighted by Crippen LogP contribution is -2.49. The van der Waals surface area contributed by atoms with E-state index >= 15 is 0 Å². The largest absolute Gasteiger partial charge is 0.445 e. The lowest BCUT2D eigenvalue weighted by Gasteiger charge is -2.35. The number of hydrogen-bond donors (Lipinski definition) is 0. The number of hydrogen-bond acceptors (Lipinski definition) is 3. The van der Waals surface area contributed by atoms with Crippen LogP contribution in [0, 0.1) is 11.6 Å². The average molecular weight is 411 g/mol. The van der Waals surface area contributed by atoms with E-state index in [1.165, 1.54) is 12.1 Å². The summed E-state index contributed by atoms with van der Waals surface area (Å²) in [5.41, 5.74) is 0.856. The van der Waals surface area contributed by atoms with Crippen molar-refractivity contribution in [2.24, 2.45) is 0 Å². The summed E-state index contributed by atoms with van der Waals surface area (Å²) in [5, 5.41) is 0. The normalized spacial score (nSPS) is 14.5. The highest BCUT2D eigenvalue weighted by molar-refractivity contribution is 9.10. The maximum absolute atomic E-state index is 14.0. The van der Waals surface area contributed by atoms with Gasteiger partial charge in [0.25, 0.3) is 0 Å². The van der Waals surface area contributed by atoms with Gasteiger partial charge >= 0.3 is 6.09 Å². The van der Waals surface area contributed by atoms with E-state index < -0.39 is 17.7 Å². The molecule has 132 valence electrons. The Balaban J connectivity index is 1.56. The van der Waals surface area contributed by atoms with Crippen LogP contribution < -0.4 is 4.90 Å². The summed E-state index contributed by atoms with van der Waals surface area (Å²) in [5.74, 6) is -1.24. The van der Waals surface area contributed by atoms with Gasteiger partial charge < -0.3 is 14.5 Å². The van der Waals surface area contributed by atoms with E-state index in [1.54, 1.807) is 9.80 Å². The molecule has 0 atom stereocenters. The van der Waals surface area contributed by atoms with Crippen molar-refractivity contribution in [3.8, 4) is 0 Å². The molecule has 2 aromatic rings. The molecule has 1 saturated heterocycles. The first kappa shape index (κ1) is 17.7. The number of amides is 1. The highest BCUT2D eigenvalue weighted by atomic mass is 79.9. The number of halogens is 3. The highest BCUT2D eigenvalue weighted by Gasteiger charge is 2.26. The summed E-state index contributed by atoms with van der Waals surface area (Å²) < 4.78 is 33.7. The maximum atomic E-state index is 14.0. The number of rotatable bonds is 3. The fourth-order valence-electron chi connectivity index (χ4n) is 2.76. The van der Waals surface area contributed by atoms with E-state index in [2.05, 4.69) is 15.9 Å². The van der Waals surface area contributed by atoms with Gasteiger partial charge in [-0.2, -0.15) is 0 Å².